The first-order valence-corrected chi connectivity index (χ1v) is 7.32. The second kappa shape index (κ2) is 6.57. The summed E-state index contributed by atoms with van der Waals surface area (Å²) in [5.74, 6) is -0.502. The van der Waals surface area contributed by atoms with E-state index in [1.807, 2.05) is 6.07 Å². The van der Waals surface area contributed by atoms with Crippen molar-refractivity contribution in [1.29, 1.82) is 0 Å². The van der Waals surface area contributed by atoms with Crippen LogP contribution in [-0.4, -0.2) is 5.91 Å². The highest BCUT2D eigenvalue weighted by Crippen LogP contribution is 2.32. The summed E-state index contributed by atoms with van der Waals surface area (Å²) in [5.41, 5.74) is 1.62. The Morgan fingerprint density at radius 1 is 1.30 bits per heavy atom. The molecule has 0 aliphatic rings. The lowest BCUT2D eigenvalue weighted by Gasteiger charge is -2.10. The number of anilines is 1. The molecule has 0 atom stereocenters. The molecule has 2 nitrogen and oxygen atoms in total. The van der Waals surface area contributed by atoms with Crippen molar-refractivity contribution in [2.75, 3.05) is 5.32 Å². The fourth-order valence-electron chi connectivity index (χ4n) is 1.64. The number of hydrogen-bond donors (Lipinski definition) is 1. The van der Waals surface area contributed by atoms with E-state index in [-0.39, 0.29) is 10.9 Å². The second-order valence-corrected chi connectivity index (χ2v) is 5.56. The van der Waals surface area contributed by atoms with E-state index in [0.717, 1.165) is 11.6 Å². The van der Waals surface area contributed by atoms with Crippen LogP contribution >= 0.6 is 39.1 Å². The maximum absolute atomic E-state index is 13.1. The molecule has 0 heterocycles. The summed E-state index contributed by atoms with van der Waals surface area (Å²) in [4.78, 5) is 12.1. The molecule has 0 aliphatic carbocycles. The van der Waals surface area contributed by atoms with Gasteiger partial charge in [0.05, 0.1) is 10.7 Å². The number of halogens is 4. The second-order valence-electron chi connectivity index (χ2n) is 4.03. The van der Waals surface area contributed by atoms with Gasteiger partial charge in [0.15, 0.2) is 0 Å². The summed E-state index contributed by atoms with van der Waals surface area (Å²) in [6.07, 6.45) is 0. The van der Waals surface area contributed by atoms with E-state index in [1.165, 1.54) is 6.07 Å². The molecule has 0 bridgehead atoms. The smallest absolute Gasteiger partial charge is 0.255 e. The van der Waals surface area contributed by atoms with Crippen molar-refractivity contribution in [2.24, 2.45) is 0 Å². The predicted octanol–water partition coefficient (Wildman–Crippen LogP) is 5.23. The zero-order valence-corrected chi connectivity index (χ0v) is 13.2. The largest absolute Gasteiger partial charge is 0.320 e. The average molecular weight is 377 g/mol. The fourth-order valence-corrected chi connectivity index (χ4v) is 2.71. The number of carbonyl (C=O) groups excluding carboxylic acids is 1. The van der Waals surface area contributed by atoms with Gasteiger partial charge in [0.1, 0.15) is 5.82 Å². The van der Waals surface area contributed by atoms with Crippen molar-refractivity contribution in [3.05, 3.63) is 62.8 Å². The number of carbonyl (C=O) groups is 1. The van der Waals surface area contributed by atoms with Gasteiger partial charge in [-0.3, -0.25) is 4.79 Å². The van der Waals surface area contributed by atoms with E-state index in [0.29, 0.717) is 21.6 Å². The molecule has 0 radical (unpaired) electrons. The van der Waals surface area contributed by atoms with Crippen molar-refractivity contribution >= 4 is 50.7 Å². The number of amides is 1. The molecule has 1 amide bonds. The summed E-state index contributed by atoms with van der Waals surface area (Å²) in [5, 5.41) is 2.77. The number of hydrogen-bond acceptors (Lipinski definition) is 1. The van der Waals surface area contributed by atoms with Gasteiger partial charge in [-0.25, -0.2) is 4.39 Å². The molecular formula is C14H9BrCl2FNO. The van der Waals surface area contributed by atoms with Crippen LogP contribution in [0, 0.1) is 5.82 Å². The molecule has 2 rings (SSSR count). The van der Waals surface area contributed by atoms with Gasteiger partial charge < -0.3 is 5.32 Å². The van der Waals surface area contributed by atoms with Crippen LogP contribution in [0.25, 0.3) is 0 Å². The molecule has 0 saturated heterocycles. The molecule has 2 aromatic rings. The Bertz CT molecular complexity index is 640. The molecule has 1 N–H and O–H groups in total. The predicted molar refractivity (Wildman–Crippen MR) is 83.1 cm³/mol. The Morgan fingerprint density at radius 2 is 2.05 bits per heavy atom. The van der Waals surface area contributed by atoms with Gasteiger partial charge in [-0.1, -0.05) is 23.7 Å². The zero-order valence-electron chi connectivity index (χ0n) is 10.1. The van der Waals surface area contributed by atoms with E-state index >= 15 is 0 Å². The Balaban J connectivity index is 2.28. The minimum atomic E-state index is -0.482. The Labute approximate surface area is 134 Å². The quantitative estimate of drug-likeness (QED) is 0.730. The average Bonchev–Trinajstić information content (AvgIpc) is 2.42. The van der Waals surface area contributed by atoms with Crippen LogP contribution in [0.3, 0.4) is 0 Å². The molecule has 0 unspecified atom stereocenters. The number of alkyl halides is 1. The first-order chi connectivity index (χ1) is 9.51. The maximum atomic E-state index is 13.1. The van der Waals surface area contributed by atoms with Crippen LogP contribution in [-0.2, 0) is 5.88 Å². The summed E-state index contributed by atoms with van der Waals surface area (Å²) in [7, 11) is 0. The highest BCUT2D eigenvalue weighted by molar-refractivity contribution is 9.10. The van der Waals surface area contributed by atoms with Crippen molar-refractivity contribution in [3.8, 4) is 0 Å². The monoisotopic (exact) mass is 375 g/mol. The van der Waals surface area contributed by atoms with Gasteiger partial charge in [-0.2, -0.15) is 0 Å². The SMILES string of the molecule is O=C(Nc1c(Cl)cc(F)cc1Br)c1cccc(CCl)c1. The van der Waals surface area contributed by atoms with E-state index in [2.05, 4.69) is 21.2 Å². The summed E-state index contributed by atoms with van der Waals surface area (Å²) >= 11 is 14.8. The summed E-state index contributed by atoms with van der Waals surface area (Å²) in [6, 6.07) is 9.29. The lowest BCUT2D eigenvalue weighted by molar-refractivity contribution is 0.102. The molecule has 0 aromatic heterocycles. The van der Waals surface area contributed by atoms with E-state index in [4.69, 9.17) is 23.2 Å². The Hall–Kier alpha value is -1.10. The molecule has 6 heteroatoms. The van der Waals surface area contributed by atoms with Gasteiger partial charge >= 0.3 is 0 Å². The van der Waals surface area contributed by atoms with Crippen LogP contribution in [0.4, 0.5) is 10.1 Å². The lowest BCUT2D eigenvalue weighted by Crippen LogP contribution is -2.13. The number of benzene rings is 2. The number of nitrogens with one attached hydrogen (secondary N) is 1. The lowest BCUT2D eigenvalue weighted by atomic mass is 10.1. The van der Waals surface area contributed by atoms with Gasteiger partial charge in [0, 0.05) is 15.9 Å². The van der Waals surface area contributed by atoms with Gasteiger partial charge in [0.2, 0.25) is 0 Å². The van der Waals surface area contributed by atoms with E-state index in [9.17, 15) is 9.18 Å². The van der Waals surface area contributed by atoms with Crippen molar-refractivity contribution in [1.82, 2.24) is 0 Å². The molecule has 0 fully saturated rings. The maximum Gasteiger partial charge on any atom is 0.255 e. The summed E-state index contributed by atoms with van der Waals surface area (Å²) in [6.45, 7) is 0. The fraction of sp³-hybridized carbons (Fsp3) is 0.0714. The van der Waals surface area contributed by atoms with Gasteiger partial charge in [0.25, 0.3) is 5.91 Å². The Morgan fingerprint density at radius 3 is 2.70 bits per heavy atom. The minimum absolute atomic E-state index is 0.124. The molecule has 0 saturated carbocycles. The van der Waals surface area contributed by atoms with Crippen LogP contribution in [0.15, 0.2) is 40.9 Å². The van der Waals surface area contributed by atoms with Gasteiger partial charge in [-0.15, -0.1) is 11.6 Å². The van der Waals surface area contributed by atoms with E-state index in [1.54, 1.807) is 18.2 Å². The van der Waals surface area contributed by atoms with Crippen molar-refractivity contribution < 1.29 is 9.18 Å². The molecular weight excluding hydrogens is 368 g/mol. The third-order valence-corrected chi connectivity index (χ3v) is 3.82. The highest BCUT2D eigenvalue weighted by atomic mass is 79.9. The van der Waals surface area contributed by atoms with Gasteiger partial charge in [-0.05, 0) is 45.8 Å². The first kappa shape index (κ1) is 15.3. The van der Waals surface area contributed by atoms with Crippen LogP contribution in [0.1, 0.15) is 15.9 Å². The van der Waals surface area contributed by atoms with Crippen LogP contribution < -0.4 is 5.32 Å². The minimum Gasteiger partial charge on any atom is -0.320 e. The first-order valence-electron chi connectivity index (χ1n) is 5.62. The molecule has 20 heavy (non-hydrogen) atoms. The third kappa shape index (κ3) is 3.51. The standard InChI is InChI=1S/C14H9BrCl2FNO/c15-11-5-10(18)6-12(17)13(11)19-14(20)9-3-1-2-8(4-9)7-16/h1-6H,7H2,(H,19,20). The van der Waals surface area contributed by atoms with Crippen LogP contribution in [0.2, 0.25) is 5.02 Å². The molecule has 104 valence electrons. The van der Waals surface area contributed by atoms with E-state index < -0.39 is 5.82 Å². The summed E-state index contributed by atoms with van der Waals surface area (Å²) < 4.78 is 13.5. The third-order valence-electron chi connectivity index (χ3n) is 2.59. The zero-order chi connectivity index (χ0) is 14.7. The van der Waals surface area contributed by atoms with Crippen LogP contribution in [0.5, 0.6) is 0 Å². The normalized spacial score (nSPS) is 10.4. The molecule has 0 aliphatic heterocycles. The Kier molecular flexibility index (Phi) is 5.02. The van der Waals surface area contributed by atoms with Crippen molar-refractivity contribution in [3.63, 3.8) is 0 Å². The molecule has 0 spiro atoms. The number of rotatable bonds is 3. The van der Waals surface area contributed by atoms with Crippen molar-refractivity contribution in [2.45, 2.75) is 5.88 Å². The highest BCUT2D eigenvalue weighted by Gasteiger charge is 2.13. The topological polar surface area (TPSA) is 29.1 Å². The molecule has 2 aromatic carbocycles.